The maximum atomic E-state index is 6.27. The van der Waals surface area contributed by atoms with Gasteiger partial charge >= 0.3 is 0 Å². The van der Waals surface area contributed by atoms with Gasteiger partial charge in [0.25, 0.3) is 0 Å². The summed E-state index contributed by atoms with van der Waals surface area (Å²) in [5.41, 5.74) is 2.76. The molecule has 0 radical (unpaired) electrons. The summed E-state index contributed by atoms with van der Waals surface area (Å²) in [4.78, 5) is 15.5. The minimum atomic E-state index is 0.453. The highest BCUT2D eigenvalue weighted by atomic mass is 35.5. The number of ether oxygens (including phenoxy) is 2. The van der Waals surface area contributed by atoms with E-state index in [0.717, 1.165) is 35.2 Å². The van der Waals surface area contributed by atoms with Gasteiger partial charge in [0, 0.05) is 41.5 Å². The largest absolute Gasteiger partial charge is 0.493 e. The molecule has 2 aromatic carbocycles. The first-order valence-electron chi connectivity index (χ1n) is 9.32. The van der Waals surface area contributed by atoms with E-state index < -0.39 is 0 Å². The Morgan fingerprint density at radius 2 is 2.10 bits per heavy atom. The Labute approximate surface area is 174 Å². The van der Waals surface area contributed by atoms with Crippen LogP contribution in [0.25, 0.3) is 10.9 Å². The van der Waals surface area contributed by atoms with E-state index in [4.69, 9.17) is 21.1 Å². The maximum Gasteiger partial charge on any atom is 0.162 e. The Kier molecular flexibility index (Phi) is 5.78. The number of rotatable bonds is 1. The second-order valence-corrected chi connectivity index (χ2v) is 7.24. The first-order valence-corrected chi connectivity index (χ1v) is 9.69. The lowest BCUT2D eigenvalue weighted by Crippen LogP contribution is -2.21. The molecule has 150 valence electrons. The van der Waals surface area contributed by atoms with Gasteiger partial charge < -0.3 is 14.8 Å². The summed E-state index contributed by atoms with van der Waals surface area (Å²) < 4.78 is 11.4. The second kappa shape index (κ2) is 8.63. The minimum absolute atomic E-state index is 0.453. The quantitative estimate of drug-likeness (QED) is 0.654. The molecule has 1 aliphatic heterocycles. The van der Waals surface area contributed by atoms with Crippen LogP contribution in [0.4, 0.5) is 11.5 Å². The molecule has 1 N–H and O–H groups in total. The van der Waals surface area contributed by atoms with Crippen LogP contribution in [-0.4, -0.2) is 54.9 Å². The van der Waals surface area contributed by atoms with Crippen LogP contribution < -0.4 is 14.8 Å². The summed E-state index contributed by atoms with van der Waals surface area (Å²) in [7, 11) is 3.67. The van der Waals surface area contributed by atoms with Gasteiger partial charge in [0.05, 0.1) is 19.2 Å². The fourth-order valence-corrected chi connectivity index (χ4v) is 3.39. The van der Waals surface area contributed by atoms with Gasteiger partial charge in [0.15, 0.2) is 11.5 Å². The van der Waals surface area contributed by atoms with Crippen molar-refractivity contribution in [3.8, 4) is 11.5 Å². The van der Waals surface area contributed by atoms with Crippen LogP contribution in [0.2, 0.25) is 5.02 Å². The molecule has 2 heterocycles. The number of hydrogen-bond acceptors (Lipinski definition) is 7. The maximum absolute atomic E-state index is 6.27. The van der Waals surface area contributed by atoms with Gasteiger partial charge in [-0.05, 0) is 30.8 Å². The number of fused-ring (bicyclic) bond motifs is 2. The van der Waals surface area contributed by atoms with Crippen LogP contribution in [0.3, 0.4) is 0 Å². The standard InChI is InChI=1S/C21H22ClN5O2/c1-27-7-5-23-6-8-29-20-10-16-18(11-19(20)28-2)24-13-25-21(16)26-17-9-15(22)4-3-14(17)12-27/h3-5,9-11,13H,6-8,12H2,1-2H3,(H,24,25,26)/b23-5-. The van der Waals surface area contributed by atoms with E-state index >= 15 is 0 Å². The molecular formula is C21H22ClN5O2. The molecule has 0 fully saturated rings. The molecule has 2 bridgehead atoms. The van der Waals surface area contributed by atoms with Crippen molar-refractivity contribution in [2.45, 2.75) is 6.54 Å². The van der Waals surface area contributed by atoms with Crippen molar-refractivity contribution in [2.24, 2.45) is 4.99 Å². The lowest BCUT2D eigenvalue weighted by Gasteiger charge is -2.18. The van der Waals surface area contributed by atoms with Crippen molar-refractivity contribution >= 4 is 40.2 Å². The van der Waals surface area contributed by atoms with Crippen molar-refractivity contribution in [3.05, 3.63) is 47.2 Å². The summed E-state index contributed by atoms with van der Waals surface area (Å²) in [5.74, 6) is 1.93. The van der Waals surface area contributed by atoms with Crippen LogP contribution in [0, 0.1) is 0 Å². The molecule has 1 aromatic heterocycles. The Balaban J connectivity index is 1.84. The number of nitrogens with one attached hydrogen (secondary N) is 1. The smallest absolute Gasteiger partial charge is 0.162 e. The number of aromatic nitrogens is 2. The van der Waals surface area contributed by atoms with E-state index in [1.807, 2.05) is 36.5 Å². The molecule has 0 aliphatic carbocycles. The van der Waals surface area contributed by atoms with Gasteiger partial charge in [-0.15, -0.1) is 0 Å². The summed E-state index contributed by atoms with van der Waals surface area (Å²) in [6.07, 6.45) is 3.44. The highest BCUT2D eigenvalue weighted by Crippen LogP contribution is 2.35. The van der Waals surface area contributed by atoms with Crippen molar-refractivity contribution in [1.29, 1.82) is 0 Å². The molecule has 8 heteroatoms. The van der Waals surface area contributed by atoms with Crippen molar-refractivity contribution < 1.29 is 9.47 Å². The third kappa shape index (κ3) is 4.41. The average Bonchev–Trinajstić information content (AvgIpc) is 2.72. The highest BCUT2D eigenvalue weighted by molar-refractivity contribution is 6.30. The fourth-order valence-electron chi connectivity index (χ4n) is 3.22. The van der Waals surface area contributed by atoms with Crippen molar-refractivity contribution in [1.82, 2.24) is 14.9 Å². The normalized spacial score (nSPS) is 16.2. The average molecular weight is 412 g/mol. The van der Waals surface area contributed by atoms with Crippen molar-refractivity contribution in [3.63, 3.8) is 0 Å². The lowest BCUT2D eigenvalue weighted by molar-refractivity contribution is 0.303. The zero-order valence-corrected chi connectivity index (χ0v) is 17.1. The second-order valence-electron chi connectivity index (χ2n) is 6.80. The summed E-state index contributed by atoms with van der Waals surface area (Å²) in [6, 6.07) is 9.58. The molecule has 4 rings (SSSR count). The SMILES string of the molecule is COc1cc2ncnc3c2cc1OCC/N=C\CN(C)Cc1ccc(Cl)cc1N3. The Morgan fingerprint density at radius 3 is 2.97 bits per heavy atom. The molecule has 3 aromatic rings. The van der Waals surface area contributed by atoms with E-state index in [2.05, 4.69) is 32.2 Å². The van der Waals surface area contributed by atoms with Gasteiger partial charge in [-0.2, -0.15) is 0 Å². The van der Waals surface area contributed by atoms with Crippen LogP contribution in [0.5, 0.6) is 11.5 Å². The van der Waals surface area contributed by atoms with E-state index in [1.54, 1.807) is 7.11 Å². The van der Waals surface area contributed by atoms with Gasteiger partial charge in [-0.25, -0.2) is 9.97 Å². The van der Waals surface area contributed by atoms with E-state index in [-0.39, 0.29) is 0 Å². The van der Waals surface area contributed by atoms with E-state index in [0.29, 0.717) is 35.5 Å². The number of benzene rings is 2. The number of aliphatic imine (C=N–C) groups is 1. The first-order chi connectivity index (χ1) is 14.1. The van der Waals surface area contributed by atoms with Crippen molar-refractivity contribution in [2.75, 3.05) is 39.2 Å². The minimum Gasteiger partial charge on any atom is -0.493 e. The molecular weight excluding hydrogens is 390 g/mol. The van der Waals surface area contributed by atoms with Gasteiger partial charge in [-0.3, -0.25) is 9.89 Å². The van der Waals surface area contributed by atoms with E-state index in [9.17, 15) is 0 Å². The lowest BCUT2D eigenvalue weighted by atomic mass is 10.1. The van der Waals surface area contributed by atoms with Crippen LogP contribution >= 0.6 is 11.6 Å². The first kappa shape index (κ1) is 19.4. The summed E-state index contributed by atoms with van der Waals surface area (Å²) in [5, 5.41) is 4.92. The monoisotopic (exact) mass is 411 g/mol. The number of methoxy groups -OCH3 is 1. The number of halogens is 1. The third-order valence-corrected chi connectivity index (χ3v) is 4.92. The molecule has 7 nitrogen and oxygen atoms in total. The summed E-state index contributed by atoms with van der Waals surface area (Å²) >= 11 is 6.27. The molecule has 1 aliphatic rings. The fraction of sp³-hybridized carbons (Fsp3) is 0.286. The van der Waals surface area contributed by atoms with Crippen LogP contribution in [0.1, 0.15) is 5.56 Å². The van der Waals surface area contributed by atoms with Gasteiger partial charge in [0.1, 0.15) is 18.8 Å². The van der Waals surface area contributed by atoms with Crippen LogP contribution in [-0.2, 0) is 6.54 Å². The molecule has 0 atom stereocenters. The Bertz CT molecular complexity index is 1060. The topological polar surface area (TPSA) is 71.9 Å². The predicted molar refractivity (Wildman–Crippen MR) is 116 cm³/mol. The molecule has 0 saturated carbocycles. The zero-order chi connectivity index (χ0) is 20.2. The van der Waals surface area contributed by atoms with Gasteiger partial charge in [0.2, 0.25) is 0 Å². The van der Waals surface area contributed by atoms with E-state index in [1.165, 1.54) is 6.33 Å². The molecule has 0 amide bonds. The number of anilines is 2. The highest BCUT2D eigenvalue weighted by Gasteiger charge is 2.14. The third-order valence-electron chi connectivity index (χ3n) is 4.69. The molecule has 0 spiro atoms. The Morgan fingerprint density at radius 1 is 1.21 bits per heavy atom. The molecule has 0 saturated heterocycles. The molecule has 29 heavy (non-hydrogen) atoms. The molecule has 0 unspecified atom stereocenters. The van der Waals surface area contributed by atoms with Crippen LogP contribution in [0.15, 0.2) is 41.7 Å². The predicted octanol–water partition coefficient (Wildman–Crippen LogP) is 3.93. The number of nitrogens with zero attached hydrogens (tertiary/aromatic N) is 4. The number of hydrogen-bond donors (Lipinski definition) is 1. The Hall–Kier alpha value is -2.90. The van der Waals surface area contributed by atoms with Gasteiger partial charge in [-0.1, -0.05) is 17.7 Å². The zero-order valence-electron chi connectivity index (χ0n) is 16.4. The summed E-state index contributed by atoms with van der Waals surface area (Å²) in [6.45, 7) is 2.49.